The van der Waals surface area contributed by atoms with Gasteiger partial charge in [-0.1, -0.05) is 19.9 Å². The Morgan fingerprint density at radius 3 is 2.50 bits per heavy atom. The lowest BCUT2D eigenvalue weighted by molar-refractivity contribution is 0.0540. The second-order valence-electron chi connectivity index (χ2n) is 6.52. The summed E-state index contributed by atoms with van der Waals surface area (Å²) in [5.41, 5.74) is 1.34. The maximum atomic E-state index is 10.8. The second kappa shape index (κ2) is 4.52. The zero-order valence-electron chi connectivity index (χ0n) is 10.9. The van der Waals surface area contributed by atoms with Gasteiger partial charge in [0.05, 0.1) is 5.60 Å². The van der Waals surface area contributed by atoms with Crippen LogP contribution in [0.3, 0.4) is 0 Å². The molecule has 0 aromatic rings. The quantitative estimate of drug-likeness (QED) is 0.520. The SMILES string of the molecule is CC1(C)CCCC(O)(C2=CCCCC2)CC1. The molecule has 0 aromatic carbocycles. The molecule has 1 saturated carbocycles. The van der Waals surface area contributed by atoms with E-state index in [1.165, 1.54) is 44.1 Å². The van der Waals surface area contributed by atoms with Gasteiger partial charge >= 0.3 is 0 Å². The van der Waals surface area contributed by atoms with Crippen molar-refractivity contribution in [1.82, 2.24) is 0 Å². The molecule has 0 saturated heterocycles. The van der Waals surface area contributed by atoms with E-state index in [-0.39, 0.29) is 0 Å². The van der Waals surface area contributed by atoms with E-state index < -0.39 is 5.60 Å². The van der Waals surface area contributed by atoms with Crippen molar-refractivity contribution >= 4 is 0 Å². The molecule has 1 N–H and O–H groups in total. The van der Waals surface area contributed by atoms with Gasteiger partial charge in [0.25, 0.3) is 0 Å². The van der Waals surface area contributed by atoms with E-state index in [0.29, 0.717) is 5.41 Å². The number of aliphatic hydroxyl groups is 1. The van der Waals surface area contributed by atoms with Crippen LogP contribution in [0.5, 0.6) is 0 Å². The van der Waals surface area contributed by atoms with Crippen LogP contribution < -0.4 is 0 Å². The third-order valence-electron chi connectivity index (χ3n) is 4.55. The molecule has 1 unspecified atom stereocenters. The van der Waals surface area contributed by atoms with Crippen LogP contribution in [0.2, 0.25) is 0 Å². The van der Waals surface area contributed by atoms with Gasteiger partial charge in [-0.2, -0.15) is 0 Å². The molecule has 0 heterocycles. The molecule has 0 spiro atoms. The summed E-state index contributed by atoms with van der Waals surface area (Å²) in [4.78, 5) is 0. The molecule has 1 fully saturated rings. The van der Waals surface area contributed by atoms with Crippen LogP contribution in [0.25, 0.3) is 0 Å². The highest BCUT2D eigenvalue weighted by molar-refractivity contribution is 5.19. The minimum Gasteiger partial charge on any atom is -0.386 e. The highest BCUT2D eigenvalue weighted by Crippen LogP contribution is 2.43. The Bertz CT molecular complexity index is 277. The van der Waals surface area contributed by atoms with E-state index in [1.54, 1.807) is 0 Å². The zero-order chi connectivity index (χ0) is 11.6. The lowest BCUT2D eigenvalue weighted by Crippen LogP contribution is -2.31. The van der Waals surface area contributed by atoms with Crippen molar-refractivity contribution in [3.8, 4) is 0 Å². The summed E-state index contributed by atoms with van der Waals surface area (Å²) in [6.45, 7) is 4.68. The number of hydrogen-bond acceptors (Lipinski definition) is 1. The smallest absolute Gasteiger partial charge is 0.0857 e. The van der Waals surface area contributed by atoms with E-state index >= 15 is 0 Å². The van der Waals surface area contributed by atoms with E-state index in [9.17, 15) is 5.11 Å². The molecule has 2 aliphatic rings. The summed E-state index contributed by atoms with van der Waals surface area (Å²) < 4.78 is 0. The van der Waals surface area contributed by atoms with Crippen LogP contribution in [0.4, 0.5) is 0 Å². The molecule has 16 heavy (non-hydrogen) atoms. The van der Waals surface area contributed by atoms with Crippen molar-refractivity contribution in [2.75, 3.05) is 0 Å². The number of allylic oxidation sites excluding steroid dienone is 1. The maximum Gasteiger partial charge on any atom is 0.0857 e. The van der Waals surface area contributed by atoms with Crippen molar-refractivity contribution in [3.05, 3.63) is 11.6 Å². The Morgan fingerprint density at radius 2 is 1.81 bits per heavy atom. The second-order valence-corrected chi connectivity index (χ2v) is 6.52. The first-order valence-electron chi connectivity index (χ1n) is 6.94. The van der Waals surface area contributed by atoms with Gasteiger partial charge in [0.1, 0.15) is 0 Å². The predicted molar refractivity (Wildman–Crippen MR) is 68.4 cm³/mol. The van der Waals surface area contributed by atoms with Crippen LogP contribution in [-0.2, 0) is 0 Å². The normalized spacial score (nSPS) is 35.3. The van der Waals surface area contributed by atoms with E-state index in [0.717, 1.165) is 19.3 Å². The fourth-order valence-electron chi connectivity index (χ4n) is 3.24. The number of hydrogen-bond donors (Lipinski definition) is 1. The molecule has 1 atom stereocenters. The van der Waals surface area contributed by atoms with Crippen molar-refractivity contribution in [3.63, 3.8) is 0 Å². The van der Waals surface area contributed by atoms with Crippen LogP contribution in [0.1, 0.15) is 71.6 Å². The van der Waals surface area contributed by atoms with Gasteiger partial charge in [-0.3, -0.25) is 0 Å². The summed E-state index contributed by atoms with van der Waals surface area (Å²) in [5, 5.41) is 10.8. The fourth-order valence-corrected chi connectivity index (χ4v) is 3.24. The summed E-state index contributed by atoms with van der Waals surface area (Å²) in [6, 6.07) is 0. The lowest BCUT2D eigenvalue weighted by atomic mass is 9.79. The van der Waals surface area contributed by atoms with E-state index in [4.69, 9.17) is 0 Å². The fraction of sp³-hybridized carbons (Fsp3) is 0.867. The first kappa shape index (κ1) is 12.2. The van der Waals surface area contributed by atoms with Gasteiger partial charge in [0, 0.05) is 0 Å². The summed E-state index contributed by atoms with van der Waals surface area (Å²) in [5.74, 6) is 0. The molecule has 1 nitrogen and oxygen atoms in total. The predicted octanol–water partition coefficient (Wildman–Crippen LogP) is 4.21. The molecular weight excluding hydrogens is 196 g/mol. The van der Waals surface area contributed by atoms with Crippen LogP contribution >= 0.6 is 0 Å². The lowest BCUT2D eigenvalue weighted by Gasteiger charge is -2.32. The molecule has 0 radical (unpaired) electrons. The Kier molecular flexibility index (Phi) is 3.44. The Morgan fingerprint density at radius 1 is 1.00 bits per heavy atom. The van der Waals surface area contributed by atoms with Gasteiger partial charge in [-0.25, -0.2) is 0 Å². The van der Waals surface area contributed by atoms with Crippen molar-refractivity contribution < 1.29 is 5.11 Å². The topological polar surface area (TPSA) is 20.2 Å². The molecule has 2 aliphatic carbocycles. The van der Waals surface area contributed by atoms with Crippen molar-refractivity contribution in [2.24, 2.45) is 5.41 Å². The first-order valence-corrected chi connectivity index (χ1v) is 6.94. The van der Waals surface area contributed by atoms with Gasteiger partial charge in [-0.05, 0) is 68.8 Å². The van der Waals surface area contributed by atoms with Gasteiger partial charge < -0.3 is 5.11 Å². The van der Waals surface area contributed by atoms with E-state index in [2.05, 4.69) is 19.9 Å². The van der Waals surface area contributed by atoms with Gasteiger partial charge in [0.2, 0.25) is 0 Å². The molecule has 1 heteroatoms. The maximum absolute atomic E-state index is 10.8. The Balaban J connectivity index is 2.09. The van der Waals surface area contributed by atoms with Crippen molar-refractivity contribution in [2.45, 2.75) is 77.2 Å². The Labute approximate surface area is 99.9 Å². The third kappa shape index (κ3) is 2.68. The average molecular weight is 222 g/mol. The van der Waals surface area contributed by atoms with Crippen LogP contribution in [0, 0.1) is 5.41 Å². The highest BCUT2D eigenvalue weighted by atomic mass is 16.3. The molecule has 92 valence electrons. The first-order chi connectivity index (χ1) is 7.52. The van der Waals surface area contributed by atoms with Gasteiger partial charge in [0.15, 0.2) is 0 Å². The van der Waals surface area contributed by atoms with E-state index in [1.807, 2.05) is 0 Å². The summed E-state index contributed by atoms with van der Waals surface area (Å²) >= 11 is 0. The molecule has 2 rings (SSSR count). The highest BCUT2D eigenvalue weighted by Gasteiger charge is 2.36. The average Bonchev–Trinajstić information content (AvgIpc) is 2.41. The Hall–Kier alpha value is -0.300. The van der Waals surface area contributed by atoms with Crippen molar-refractivity contribution in [1.29, 1.82) is 0 Å². The molecule has 0 amide bonds. The standard InChI is InChI=1S/C15H26O/c1-14(2)9-6-10-15(16,12-11-14)13-7-4-3-5-8-13/h7,16H,3-6,8-12H2,1-2H3. The van der Waals surface area contributed by atoms with Crippen LogP contribution in [0.15, 0.2) is 11.6 Å². The molecule has 0 aliphatic heterocycles. The summed E-state index contributed by atoms with van der Waals surface area (Å²) in [6.07, 6.45) is 12.8. The monoisotopic (exact) mass is 222 g/mol. The van der Waals surface area contributed by atoms with Gasteiger partial charge in [-0.15, -0.1) is 0 Å². The minimum absolute atomic E-state index is 0.430. The largest absolute Gasteiger partial charge is 0.386 e. The minimum atomic E-state index is -0.450. The molecular formula is C15H26O. The zero-order valence-corrected chi connectivity index (χ0v) is 10.9. The third-order valence-corrected chi connectivity index (χ3v) is 4.55. The molecule has 0 aromatic heterocycles. The summed E-state index contributed by atoms with van der Waals surface area (Å²) in [7, 11) is 0. The molecule has 0 bridgehead atoms. The number of rotatable bonds is 1. The van der Waals surface area contributed by atoms with Crippen LogP contribution in [-0.4, -0.2) is 10.7 Å².